The topological polar surface area (TPSA) is 72.9 Å². The largest absolute Gasteiger partial charge is 0.360 e. The molecule has 7 nitrogen and oxygen atoms in total. The molecule has 1 aliphatic rings. The third-order valence-corrected chi connectivity index (χ3v) is 4.78. The summed E-state index contributed by atoms with van der Waals surface area (Å²) in [7, 11) is 0. The molecule has 25 heavy (non-hydrogen) atoms. The van der Waals surface area contributed by atoms with Crippen LogP contribution in [-0.2, 0) is 6.54 Å². The lowest BCUT2D eigenvalue weighted by Crippen LogP contribution is -2.21. The third-order valence-electron chi connectivity index (χ3n) is 4.78. The average molecular weight is 339 g/mol. The van der Waals surface area contributed by atoms with E-state index in [1.54, 1.807) is 6.33 Å². The van der Waals surface area contributed by atoms with Gasteiger partial charge in [0.05, 0.1) is 11.7 Å². The van der Waals surface area contributed by atoms with Crippen molar-refractivity contribution in [3.05, 3.63) is 35.7 Å². The number of nitrogens with zero attached hydrogens (tertiary/aromatic N) is 6. The minimum absolute atomic E-state index is 0.151. The highest BCUT2D eigenvalue weighted by atomic mass is 15.4. The van der Waals surface area contributed by atoms with E-state index in [1.165, 1.54) is 12.8 Å². The van der Waals surface area contributed by atoms with Crippen LogP contribution in [0.1, 0.15) is 62.8 Å². The molecule has 0 aliphatic heterocycles. The van der Waals surface area contributed by atoms with Crippen LogP contribution in [0.4, 0.5) is 5.82 Å². The molecule has 0 saturated heterocycles. The number of anilines is 1. The molecule has 1 atom stereocenters. The van der Waals surface area contributed by atoms with Crippen LogP contribution in [0.3, 0.4) is 0 Å². The number of aryl methyl sites for hydroxylation is 2. The first-order chi connectivity index (χ1) is 12.1. The Labute approximate surface area is 147 Å². The van der Waals surface area contributed by atoms with Gasteiger partial charge >= 0.3 is 0 Å². The molecular weight excluding hydrogens is 314 g/mol. The minimum atomic E-state index is 0.151. The maximum Gasteiger partial charge on any atom is 0.157 e. The molecule has 132 valence electrons. The summed E-state index contributed by atoms with van der Waals surface area (Å²) in [5, 5.41) is 12.7. The number of rotatable bonds is 6. The lowest BCUT2D eigenvalue weighted by atomic mass is 10.1. The van der Waals surface area contributed by atoms with Gasteiger partial charge in [0.2, 0.25) is 0 Å². The highest BCUT2D eigenvalue weighted by Crippen LogP contribution is 2.42. The molecule has 1 fully saturated rings. The van der Waals surface area contributed by atoms with E-state index in [2.05, 4.69) is 47.3 Å². The van der Waals surface area contributed by atoms with E-state index in [-0.39, 0.29) is 6.04 Å². The summed E-state index contributed by atoms with van der Waals surface area (Å²) in [5.74, 6) is 2.94. The second kappa shape index (κ2) is 6.13. The monoisotopic (exact) mass is 339 g/mol. The Kier molecular flexibility index (Phi) is 3.94. The Hall–Kier alpha value is -2.44. The smallest absolute Gasteiger partial charge is 0.157 e. The minimum Gasteiger partial charge on any atom is -0.360 e. The Morgan fingerprint density at radius 1 is 1.28 bits per heavy atom. The van der Waals surface area contributed by atoms with Crippen molar-refractivity contribution in [1.29, 1.82) is 0 Å². The first-order valence-electron chi connectivity index (χ1n) is 9.08. The maximum absolute atomic E-state index is 4.75. The van der Waals surface area contributed by atoms with Gasteiger partial charge in [0.25, 0.3) is 0 Å². The quantitative estimate of drug-likeness (QED) is 0.746. The molecule has 0 aromatic carbocycles. The molecular formula is C18H25N7. The van der Waals surface area contributed by atoms with Crippen LogP contribution in [-0.4, -0.2) is 29.4 Å². The van der Waals surface area contributed by atoms with Crippen molar-refractivity contribution in [1.82, 2.24) is 29.4 Å². The molecule has 1 N–H and O–H groups in total. The molecule has 0 bridgehead atoms. The third kappa shape index (κ3) is 2.99. The highest BCUT2D eigenvalue weighted by molar-refractivity contribution is 5.51. The fourth-order valence-electron chi connectivity index (χ4n) is 3.25. The molecule has 3 heterocycles. The van der Waals surface area contributed by atoms with E-state index in [4.69, 9.17) is 4.98 Å². The molecule has 3 aromatic rings. The van der Waals surface area contributed by atoms with Gasteiger partial charge in [-0.05, 0) is 38.5 Å². The molecule has 7 heteroatoms. The van der Waals surface area contributed by atoms with Gasteiger partial charge in [-0.25, -0.2) is 14.6 Å². The molecule has 0 unspecified atom stereocenters. The van der Waals surface area contributed by atoms with Crippen LogP contribution in [0.5, 0.6) is 0 Å². The van der Waals surface area contributed by atoms with Crippen molar-refractivity contribution >= 4 is 11.5 Å². The van der Waals surface area contributed by atoms with Gasteiger partial charge in [0.1, 0.15) is 18.0 Å². The number of hydrogen-bond donors (Lipinski definition) is 1. The average Bonchev–Trinajstić information content (AvgIpc) is 3.18. The summed E-state index contributed by atoms with van der Waals surface area (Å²) < 4.78 is 3.88. The summed E-state index contributed by atoms with van der Waals surface area (Å²) in [4.78, 5) is 9.28. The second-order valence-electron chi connectivity index (χ2n) is 7.17. The summed E-state index contributed by atoms with van der Waals surface area (Å²) in [6, 6.07) is 4.29. The molecule has 3 aromatic heterocycles. The van der Waals surface area contributed by atoms with Crippen LogP contribution in [0.25, 0.3) is 5.65 Å². The zero-order chi connectivity index (χ0) is 17.6. The van der Waals surface area contributed by atoms with Crippen molar-refractivity contribution in [2.24, 2.45) is 5.92 Å². The van der Waals surface area contributed by atoms with E-state index in [9.17, 15) is 0 Å². The molecule has 4 rings (SSSR count). The Morgan fingerprint density at radius 3 is 2.76 bits per heavy atom. The van der Waals surface area contributed by atoms with Crippen molar-refractivity contribution in [2.45, 2.75) is 59.0 Å². The van der Waals surface area contributed by atoms with Crippen molar-refractivity contribution in [3.8, 4) is 0 Å². The van der Waals surface area contributed by atoms with Crippen LogP contribution >= 0.6 is 0 Å². The lowest BCUT2D eigenvalue weighted by Gasteiger charge is -2.20. The van der Waals surface area contributed by atoms with E-state index in [1.807, 2.05) is 22.2 Å². The van der Waals surface area contributed by atoms with Crippen LogP contribution < -0.4 is 5.32 Å². The number of hydrogen-bond acceptors (Lipinski definition) is 5. The Bertz CT molecular complexity index is 888. The molecule has 0 radical (unpaired) electrons. The molecule has 0 spiro atoms. The fourth-order valence-corrected chi connectivity index (χ4v) is 3.25. The van der Waals surface area contributed by atoms with Crippen molar-refractivity contribution < 1.29 is 0 Å². The predicted octanol–water partition coefficient (Wildman–Crippen LogP) is 3.34. The first-order valence-corrected chi connectivity index (χ1v) is 9.08. The predicted molar refractivity (Wildman–Crippen MR) is 96.6 cm³/mol. The number of fused-ring (bicyclic) bond motifs is 1. The molecule has 1 saturated carbocycles. The number of aromatic nitrogens is 6. The van der Waals surface area contributed by atoms with Crippen LogP contribution in [0, 0.1) is 12.8 Å². The SMILES string of the molecule is CCn1ncnc1[C@@H](Nc1cc(C(C)C)nc2cc(C)nn12)C1CC1. The van der Waals surface area contributed by atoms with E-state index >= 15 is 0 Å². The summed E-state index contributed by atoms with van der Waals surface area (Å²) >= 11 is 0. The van der Waals surface area contributed by atoms with Crippen molar-refractivity contribution in [2.75, 3.05) is 5.32 Å². The normalized spacial score (nSPS) is 15.9. The lowest BCUT2D eigenvalue weighted by molar-refractivity contribution is 0.543. The zero-order valence-electron chi connectivity index (χ0n) is 15.3. The number of nitrogens with one attached hydrogen (secondary N) is 1. The summed E-state index contributed by atoms with van der Waals surface area (Å²) in [5.41, 5.74) is 2.93. The fraction of sp³-hybridized carbons (Fsp3) is 0.556. The van der Waals surface area contributed by atoms with Gasteiger partial charge in [-0.3, -0.25) is 0 Å². The summed E-state index contributed by atoms with van der Waals surface area (Å²) in [6.07, 6.45) is 4.09. The molecule has 0 amide bonds. The van der Waals surface area contributed by atoms with Gasteiger partial charge in [0, 0.05) is 24.4 Å². The van der Waals surface area contributed by atoms with Gasteiger partial charge in [-0.1, -0.05) is 13.8 Å². The van der Waals surface area contributed by atoms with Gasteiger partial charge in [-0.2, -0.15) is 14.7 Å². The van der Waals surface area contributed by atoms with E-state index in [0.29, 0.717) is 11.8 Å². The maximum atomic E-state index is 4.75. The van der Waals surface area contributed by atoms with Gasteiger partial charge < -0.3 is 5.32 Å². The van der Waals surface area contributed by atoms with E-state index in [0.717, 1.165) is 35.2 Å². The summed E-state index contributed by atoms with van der Waals surface area (Å²) in [6.45, 7) is 9.25. The standard InChI is InChI=1S/C18H25N7/c1-5-24-18(19-10-20-24)17(13-6-7-13)22-16-9-14(11(2)3)21-15-8-12(4)23-25(15)16/h8-11,13,17,22H,5-7H2,1-4H3/t17-/m0/s1. The van der Waals surface area contributed by atoms with Crippen molar-refractivity contribution in [3.63, 3.8) is 0 Å². The van der Waals surface area contributed by atoms with E-state index < -0.39 is 0 Å². The first kappa shape index (κ1) is 16.1. The van der Waals surface area contributed by atoms with Gasteiger partial charge in [0.15, 0.2) is 5.65 Å². The molecule has 1 aliphatic carbocycles. The van der Waals surface area contributed by atoms with Crippen LogP contribution in [0.15, 0.2) is 18.5 Å². The van der Waals surface area contributed by atoms with Gasteiger partial charge in [-0.15, -0.1) is 0 Å². The second-order valence-corrected chi connectivity index (χ2v) is 7.17. The highest BCUT2D eigenvalue weighted by Gasteiger charge is 2.35. The van der Waals surface area contributed by atoms with Crippen LogP contribution in [0.2, 0.25) is 0 Å². The Balaban J connectivity index is 1.77. The zero-order valence-corrected chi connectivity index (χ0v) is 15.3. The Morgan fingerprint density at radius 2 is 2.08 bits per heavy atom.